The van der Waals surface area contributed by atoms with Crippen LogP contribution >= 0.6 is 0 Å². The molecule has 0 spiro atoms. The maximum absolute atomic E-state index is 13.6. The predicted molar refractivity (Wildman–Crippen MR) is 107 cm³/mol. The van der Waals surface area contributed by atoms with Crippen molar-refractivity contribution in [3.63, 3.8) is 0 Å². The highest BCUT2D eigenvalue weighted by Gasteiger charge is 2.37. The van der Waals surface area contributed by atoms with Gasteiger partial charge in [0.1, 0.15) is 11.3 Å². The van der Waals surface area contributed by atoms with Crippen LogP contribution in [0.4, 0.5) is 36.3 Å². The second-order valence-corrected chi connectivity index (χ2v) is 6.29. The summed E-state index contributed by atoms with van der Waals surface area (Å²) in [7, 11) is 3.25. The smallest absolute Gasteiger partial charge is 0.421 e. The molecule has 0 fully saturated rings. The molecular formula is C21H21F3N4O. The number of nitrogens with zero attached hydrogens (tertiary/aromatic N) is 4. The fraction of sp³-hybridized carbons (Fsp3) is 0.238. The first kappa shape index (κ1) is 20.4. The average Bonchev–Trinajstić information content (AvgIpc) is 2.73. The van der Waals surface area contributed by atoms with Crippen molar-refractivity contribution in [1.82, 2.24) is 9.97 Å². The standard InChI is InChI=1S/C21H21F3N4O/c1-4-29-17-12-10-16(11-13-17)27(2)19-18(21(22,23)24)14-25-20(26-19)28(3)15-8-6-5-7-9-15/h5-14H,4H2,1-3H3. The summed E-state index contributed by atoms with van der Waals surface area (Å²) in [5, 5.41) is 0. The molecule has 0 saturated heterocycles. The van der Waals surface area contributed by atoms with Crippen molar-refractivity contribution in [1.29, 1.82) is 0 Å². The molecule has 0 atom stereocenters. The van der Waals surface area contributed by atoms with Crippen LogP contribution in [0.2, 0.25) is 0 Å². The van der Waals surface area contributed by atoms with E-state index < -0.39 is 11.7 Å². The van der Waals surface area contributed by atoms with Crippen LogP contribution in [0.1, 0.15) is 12.5 Å². The molecule has 2 aromatic carbocycles. The fourth-order valence-corrected chi connectivity index (χ4v) is 2.80. The Bertz CT molecular complexity index is 946. The third kappa shape index (κ3) is 4.59. The predicted octanol–water partition coefficient (Wildman–Crippen LogP) is 5.43. The topological polar surface area (TPSA) is 41.5 Å². The number of alkyl halides is 3. The first-order chi connectivity index (χ1) is 13.8. The largest absolute Gasteiger partial charge is 0.494 e. The van der Waals surface area contributed by atoms with E-state index in [9.17, 15) is 13.2 Å². The third-order valence-corrected chi connectivity index (χ3v) is 4.36. The van der Waals surface area contributed by atoms with Gasteiger partial charge in [-0.05, 0) is 43.3 Å². The van der Waals surface area contributed by atoms with Crippen molar-refractivity contribution in [2.45, 2.75) is 13.1 Å². The second kappa shape index (κ2) is 8.38. The molecule has 0 aliphatic heterocycles. The number of para-hydroxylation sites is 1. The second-order valence-electron chi connectivity index (χ2n) is 6.29. The number of aromatic nitrogens is 2. The van der Waals surface area contributed by atoms with Crippen LogP contribution in [0, 0.1) is 0 Å². The molecule has 0 radical (unpaired) electrons. The summed E-state index contributed by atoms with van der Waals surface area (Å²) in [5.41, 5.74) is 0.409. The van der Waals surface area contributed by atoms with Crippen molar-refractivity contribution >= 4 is 23.1 Å². The summed E-state index contributed by atoms with van der Waals surface area (Å²) in [6.45, 7) is 2.37. The number of anilines is 4. The van der Waals surface area contributed by atoms with Gasteiger partial charge in [-0.1, -0.05) is 18.2 Å². The molecule has 0 N–H and O–H groups in total. The van der Waals surface area contributed by atoms with E-state index in [4.69, 9.17) is 4.74 Å². The SMILES string of the molecule is CCOc1ccc(N(C)c2nc(N(C)c3ccccc3)ncc2C(F)(F)F)cc1. The number of hydrogen-bond acceptors (Lipinski definition) is 5. The minimum atomic E-state index is -4.58. The average molecular weight is 402 g/mol. The quantitative estimate of drug-likeness (QED) is 0.550. The molecule has 3 aromatic rings. The monoisotopic (exact) mass is 402 g/mol. The lowest BCUT2D eigenvalue weighted by Gasteiger charge is -2.25. The van der Waals surface area contributed by atoms with E-state index in [-0.39, 0.29) is 11.8 Å². The van der Waals surface area contributed by atoms with Crippen molar-refractivity contribution in [3.8, 4) is 5.75 Å². The maximum Gasteiger partial charge on any atom is 0.421 e. The summed E-state index contributed by atoms with van der Waals surface area (Å²) in [4.78, 5) is 11.2. The first-order valence-corrected chi connectivity index (χ1v) is 9.01. The zero-order chi connectivity index (χ0) is 21.0. The minimum absolute atomic E-state index is 0.164. The Kier molecular flexibility index (Phi) is 5.91. The van der Waals surface area contributed by atoms with Crippen LogP contribution in [-0.2, 0) is 6.18 Å². The summed E-state index contributed by atoms with van der Waals surface area (Å²) < 4.78 is 46.2. The minimum Gasteiger partial charge on any atom is -0.494 e. The van der Waals surface area contributed by atoms with Crippen LogP contribution in [0.5, 0.6) is 5.75 Å². The van der Waals surface area contributed by atoms with Crippen molar-refractivity contribution in [3.05, 3.63) is 66.4 Å². The lowest BCUT2D eigenvalue weighted by atomic mass is 10.2. The Labute approximate surface area is 167 Å². The van der Waals surface area contributed by atoms with Gasteiger partial charge in [0.2, 0.25) is 5.95 Å². The zero-order valence-electron chi connectivity index (χ0n) is 16.3. The number of benzene rings is 2. The van der Waals surface area contributed by atoms with E-state index in [1.807, 2.05) is 37.3 Å². The molecule has 0 saturated carbocycles. The molecule has 152 valence electrons. The molecule has 0 unspecified atom stereocenters. The van der Waals surface area contributed by atoms with E-state index in [1.165, 1.54) is 4.90 Å². The van der Waals surface area contributed by atoms with Gasteiger partial charge < -0.3 is 14.5 Å². The van der Waals surface area contributed by atoms with Crippen LogP contribution in [0.25, 0.3) is 0 Å². The van der Waals surface area contributed by atoms with Crippen molar-refractivity contribution < 1.29 is 17.9 Å². The maximum atomic E-state index is 13.6. The molecule has 0 bridgehead atoms. The van der Waals surface area contributed by atoms with E-state index in [1.54, 1.807) is 43.3 Å². The molecule has 0 aliphatic carbocycles. The lowest BCUT2D eigenvalue weighted by molar-refractivity contribution is -0.137. The Morgan fingerprint density at radius 3 is 2.10 bits per heavy atom. The van der Waals surface area contributed by atoms with Gasteiger partial charge in [-0.15, -0.1) is 0 Å². The Morgan fingerprint density at radius 2 is 1.52 bits per heavy atom. The molecule has 29 heavy (non-hydrogen) atoms. The van der Waals surface area contributed by atoms with Crippen LogP contribution in [0.15, 0.2) is 60.8 Å². The molecule has 0 aliphatic rings. The van der Waals surface area contributed by atoms with Gasteiger partial charge in [0.25, 0.3) is 0 Å². The van der Waals surface area contributed by atoms with Crippen LogP contribution in [-0.4, -0.2) is 30.7 Å². The van der Waals surface area contributed by atoms with Gasteiger partial charge in [-0.3, -0.25) is 0 Å². The van der Waals surface area contributed by atoms with E-state index in [2.05, 4.69) is 9.97 Å². The lowest BCUT2D eigenvalue weighted by Crippen LogP contribution is -2.21. The number of rotatable bonds is 6. The van der Waals surface area contributed by atoms with Gasteiger partial charge in [0.15, 0.2) is 5.82 Å². The van der Waals surface area contributed by atoms with E-state index >= 15 is 0 Å². The highest BCUT2D eigenvalue weighted by Crippen LogP contribution is 2.38. The van der Waals surface area contributed by atoms with Gasteiger partial charge in [0, 0.05) is 31.7 Å². The normalized spacial score (nSPS) is 11.2. The van der Waals surface area contributed by atoms with Crippen molar-refractivity contribution in [2.75, 3.05) is 30.5 Å². The fourth-order valence-electron chi connectivity index (χ4n) is 2.80. The zero-order valence-corrected chi connectivity index (χ0v) is 16.3. The first-order valence-electron chi connectivity index (χ1n) is 9.01. The van der Waals surface area contributed by atoms with Gasteiger partial charge in [0.05, 0.1) is 6.61 Å². The molecule has 3 rings (SSSR count). The molecule has 0 amide bonds. The van der Waals surface area contributed by atoms with Gasteiger partial charge in [-0.25, -0.2) is 4.98 Å². The van der Waals surface area contributed by atoms with Gasteiger partial charge in [-0.2, -0.15) is 18.2 Å². The summed E-state index contributed by atoms with van der Waals surface area (Å²) in [5.74, 6) is 0.583. The number of halogens is 3. The summed E-state index contributed by atoms with van der Waals surface area (Å²) >= 11 is 0. The Hall–Kier alpha value is -3.29. The molecule has 8 heteroatoms. The molecular weight excluding hydrogens is 381 g/mol. The number of hydrogen-bond donors (Lipinski definition) is 0. The third-order valence-electron chi connectivity index (χ3n) is 4.36. The summed E-state index contributed by atoms with van der Waals surface area (Å²) in [6.07, 6.45) is -3.76. The molecule has 1 heterocycles. The number of ether oxygens (including phenoxy) is 1. The van der Waals surface area contributed by atoms with E-state index in [0.717, 1.165) is 11.9 Å². The van der Waals surface area contributed by atoms with Crippen molar-refractivity contribution in [2.24, 2.45) is 0 Å². The highest BCUT2D eigenvalue weighted by molar-refractivity contribution is 5.66. The summed E-state index contributed by atoms with van der Waals surface area (Å²) in [6, 6.07) is 16.0. The Morgan fingerprint density at radius 1 is 0.897 bits per heavy atom. The van der Waals surface area contributed by atoms with Crippen LogP contribution in [0.3, 0.4) is 0 Å². The van der Waals surface area contributed by atoms with Gasteiger partial charge >= 0.3 is 6.18 Å². The highest BCUT2D eigenvalue weighted by atomic mass is 19.4. The molecule has 5 nitrogen and oxygen atoms in total. The van der Waals surface area contributed by atoms with Crippen LogP contribution < -0.4 is 14.5 Å². The van der Waals surface area contributed by atoms with E-state index in [0.29, 0.717) is 18.0 Å². The molecule has 1 aromatic heterocycles. The Balaban J connectivity index is 2.02.